The van der Waals surface area contributed by atoms with Crippen LogP contribution in [0.25, 0.3) is 11.3 Å². The molecule has 22 heavy (non-hydrogen) atoms. The Kier molecular flexibility index (Phi) is 4.45. The summed E-state index contributed by atoms with van der Waals surface area (Å²) in [5.41, 5.74) is 8.61. The molecule has 0 radical (unpaired) electrons. The second-order valence-corrected chi connectivity index (χ2v) is 6.19. The number of aromatic amines is 1. The zero-order valence-electron chi connectivity index (χ0n) is 12.3. The van der Waals surface area contributed by atoms with E-state index in [2.05, 4.69) is 15.1 Å². The van der Waals surface area contributed by atoms with E-state index < -0.39 is 0 Å². The molecular formula is C16H19ClN4O. The molecule has 6 heteroatoms. The molecular weight excluding hydrogens is 300 g/mol. The molecule has 3 rings (SSSR count). The molecule has 1 aliphatic rings. The van der Waals surface area contributed by atoms with E-state index in [1.807, 2.05) is 30.5 Å². The van der Waals surface area contributed by atoms with Crippen LogP contribution in [0.3, 0.4) is 0 Å². The van der Waals surface area contributed by atoms with Crippen molar-refractivity contribution >= 4 is 17.5 Å². The van der Waals surface area contributed by atoms with E-state index in [0.29, 0.717) is 5.02 Å². The topological polar surface area (TPSA) is 75.0 Å². The number of primary amides is 1. The number of amides is 1. The minimum absolute atomic E-state index is 0.0420. The molecule has 5 nitrogen and oxygen atoms in total. The number of nitrogens with zero attached hydrogens (tertiary/aromatic N) is 2. The summed E-state index contributed by atoms with van der Waals surface area (Å²) in [7, 11) is 0. The number of piperidine rings is 1. The highest BCUT2D eigenvalue weighted by atomic mass is 35.5. The third-order valence-electron chi connectivity index (χ3n) is 4.15. The first kappa shape index (κ1) is 15.1. The highest BCUT2D eigenvalue weighted by Crippen LogP contribution is 2.25. The Morgan fingerprint density at radius 1 is 1.41 bits per heavy atom. The number of halogens is 1. The number of hydrogen-bond acceptors (Lipinski definition) is 3. The lowest BCUT2D eigenvalue weighted by atomic mass is 9.97. The van der Waals surface area contributed by atoms with E-state index in [0.717, 1.165) is 49.3 Å². The van der Waals surface area contributed by atoms with Crippen LogP contribution in [0.2, 0.25) is 5.02 Å². The van der Waals surface area contributed by atoms with Crippen LogP contribution in [-0.2, 0) is 11.3 Å². The maximum absolute atomic E-state index is 11.4. The highest BCUT2D eigenvalue weighted by molar-refractivity contribution is 6.30. The SMILES string of the molecule is NC(=O)C1CCCN(Cc2cn[nH]c2-c2ccc(Cl)cc2)C1. The van der Waals surface area contributed by atoms with Crippen LogP contribution in [-0.4, -0.2) is 34.1 Å². The van der Waals surface area contributed by atoms with Crippen molar-refractivity contribution in [1.82, 2.24) is 15.1 Å². The van der Waals surface area contributed by atoms with E-state index in [4.69, 9.17) is 17.3 Å². The van der Waals surface area contributed by atoms with Crippen molar-refractivity contribution in [1.29, 1.82) is 0 Å². The van der Waals surface area contributed by atoms with Gasteiger partial charge < -0.3 is 5.73 Å². The summed E-state index contributed by atoms with van der Waals surface area (Å²) in [4.78, 5) is 13.7. The lowest BCUT2D eigenvalue weighted by Crippen LogP contribution is -2.40. The largest absolute Gasteiger partial charge is 0.369 e. The van der Waals surface area contributed by atoms with E-state index in [1.54, 1.807) is 0 Å². The molecule has 1 atom stereocenters. The molecule has 116 valence electrons. The number of rotatable bonds is 4. The third-order valence-corrected chi connectivity index (χ3v) is 4.40. The van der Waals surface area contributed by atoms with Gasteiger partial charge in [0.15, 0.2) is 0 Å². The van der Waals surface area contributed by atoms with Gasteiger partial charge in [-0.05, 0) is 37.1 Å². The van der Waals surface area contributed by atoms with Crippen molar-refractivity contribution in [3.8, 4) is 11.3 Å². The number of likely N-dealkylation sites (tertiary alicyclic amines) is 1. The zero-order valence-corrected chi connectivity index (χ0v) is 13.0. The van der Waals surface area contributed by atoms with Crippen LogP contribution in [0, 0.1) is 5.92 Å². The maximum atomic E-state index is 11.4. The molecule has 1 fully saturated rings. The fourth-order valence-corrected chi connectivity index (χ4v) is 3.10. The second-order valence-electron chi connectivity index (χ2n) is 5.75. The molecule has 1 aromatic carbocycles. The van der Waals surface area contributed by atoms with E-state index >= 15 is 0 Å². The first-order valence-electron chi connectivity index (χ1n) is 7.43. The number of aromatic nitrogens is 2. The minimum Gasteiger partial charge on any atom is -0.369 e. The van der Waals surface area contributed by atoms with Gasteiger partial charge in [-0.2, -0.15) is 5.10 Å². The van der Waals surface area contributed by atoms with Crippen molar-refractivity contribution < 1.29 is 4.79 Å². The van der Waals surface area contributed by atoms with Crippen LogP contribution < -0.4 is 5.73 Å². The van der Waals surface area contributed by atoms with E-state index in [-0.39, 0.29) is 11.8 Å². The van der Waals surface area contributed by atoms with Crippen molar-refractivity contribution in [2.75, 3.05) is 13.1 Å². The Bertz CT molecular complexity index is 652. The van der Waals surface area contributed by atoms with Crippen molar-refractivity contribution in [3.63, 3.8) is 0 Å². The molecule has 0 saturated carbocycles. The predicted octanol–water partition coefficient (Wildman–Crippen LogP) is 2.43. The Morgan fingerprint density at radius 2 is 2.18 bits per heavy atom. The van der Waals surface area contributed by atoms with Gasteiger partial charge in [0.05, 0.1) is 17.8 Å². The minimum atomic E-state index is -0.199. The van der Waals surface area contributed by atoms with Crippen molar-refractivity contribution in [2.24, 2.45) is 11.7 Å². The first-order chi connectivity index (χ1) is 10.6. The number of carbonyl (C=O) groups excluding carboxylic acids is 1. The summed E-state index contributed by atoms with van der Waals surface area (Å²) < 4.78 is 0. The fourth-order valence-electron chi connectivity index (χ4n) is 2.97. The summed E-state index contributed by atoms with van der Waals surface area (Å²) in [6.07, 6.45) is 3.74. The summed E-state index contributed by atoms with van der Waals surface area (Å²) in [5.74, 6) is -0.241. The third kappa shape index (κ3) is 3.31. The number of H-pyrrole nitrogens is 1. The quantitative estimate of drug-likeness (QED) is 0.909. The van der Waals surface area contributed by atoms with Gasteiger partial charge in [-0.1, -0.05) is 23.7 Å². The van der Waals surface area contributed by atoms with Gasteiger partial charge in [0.25, 0.3) is 0 Å². The predicted molar refractivity (Wildman–Crippen MR) is 86.2 cm³/mol. The number of hydrogen-bond donors (Lipinski definition) is 2. The normalized spacial score (nSPS) is 19.2. The second kappa shape index (κ2) is 6.50. The molecule has 1 aromatic heterocycles. The Hall–Kier alpha value is -1.85. The fraction of sp³-hybridized carbons (Fsp3) is 0.375. The Balaban J connectivity index is 1.75. The van der Waals surface area contributed by atoms with Crippen LogP contribution in [0.1, 0.15) is 18.4 Å². The first-order valence-corrected chi connectivity index (χ1v) is 7.81. The lowest BCUT2D eigenvalue weighted by molar-refractivity contribution is -0.123. The summed E-state index contributed by atoms with van der Waals surface area (Å²) in [5, 5.41) is 7.93. The highest BCUT2D eigenvalue weighted by Gasteiger charge is 2.24. The smallest absolute Gasteiger partial charge is 0.221 e. The van der Waals surface area contributed by atoms with Crippen LogP contribution in [0.4, 0.5) is 0 Å². The molecule has 1 unspecified atom stereocenters. The van der Waals surface area contributed by atoms with Crippen molar-refractivity contribution in [2.45, 2.75) is 19.4 Å². The van der Waals surface area contributed by atoms with Gasteiger partial charge in [0, 0.05) is 23.7 Å². The van der Waals surface area contributed by atoms with Crippen LogP contribution >= 0.6 is 11.6 Å². The van der Waals surface area contributed by atoms with Gasteiger partial charge in [-0.15, -0.1) is 0 Å². The number of carbonyl (C=O) groups is 1. The monoisotopic (exact) mass is 318 g/mol. The van der Waals surface area contributed by atoms with Gasteiger partial charge in [-0.25, -0.2) is 0 Å². The van der Waals surface area contributed by atoms with Gasteiger partial charge in [-0.3, -0.25) is 14.8 Å². The number of benzene rings is 1. The standard InChI is InChI=1S/C16H19ClN4O/c17-14-5-3-11(4-6-14)15-13(8-19-20-15)10-21-7-1-2-12(9-21)16(18)22/h3-6,8,12H,1-2,7,9-10H2,(H2,18,22)(H,19,20). The number of nitrogens with one attached hydrogen (secondary N) is 1. The van der Waals surface area contributed by atoms with E-state index in [9.17, 15) is 4.79 Å². The number of nitrogens with two attached hydrogens (primary N) is 1. The van der Waals surface area contributed by atoms with Gasteiger partial charge >= 0.3 is 0 Å². The zero-order chi connectivity index (χ0) is 15.5. The molecule has 0 aliphatic carbocycles. The maximum Gasteiger partial charge on any atom is 0.221 e. The molecule has 1 aliphatic heterocycles. The van der Waals surface area contributed by atoms with Crippen LogP contribution in [0.5, 0.6) is 0 Å². The molecule has 1 saturated heterocycles. The molecule has 0 spiro atoms. The van der Waals surface area contributed by atoms with Crippen molar-refractivity contribution in [3.05, 3.63) is 41.0 Å². The molecule has 2 heterocycles. The Morgan fingerprint density at radius 3 is 2.91 bits per heavy atom. The molecule has 2 aromatic rings. The summed E-state index contributed by atoms with van der Waals surface area (Å²) >= 11 is 5.94. The lowest BCUT2D eigenvalue weighted by Gasteiger charge is -2.31. The van der Waals surface area contributed by atoms with Crippen LogP contribution in [0.15, 0.2) is 30.5 Å². The van der Waals surface area contributed by atoms with Gasteiger partial charge in [0.1, 0.15) is 0 Å². The van der Waals surface area contributed by atoms with Gasteiger partial charge in [0.2, 0.25) is 5.91 Å². The molecule has 1 amide bonds. The Labute approximate surface area is 134 Å². The van der Waals surface area contributed by atoms with E-state index in [1.165, 1.54) is 0 Å². The summed E-state index contributed by atoms with van der Waals surface area (Å²) in [6, 6.07) is 7.68. The molecule has 3 N–H and O–H groups in total. The average molecular weight is 319 g/mol. The summed E-state index contributed by atoms with van der Waals surface area (Å²) in [6.45, 7) is 2.47. The molecule has 0 bridgehead atoms. The average Bonchev–Trinajstić information content (AvgIpc) is 2.96.